The summed E-state index contributed by atoms with van der Waals surface area (Å²) >= 11 is 0. The molecule has 22 heavy (non-hydrogen) atoms. The lowest BCUT2D eigenvalue weighted by Crippen LogP contribution is -2.38. The van der Waals surface area contributed by atoms with Crippen molar-refractivity contribution in [2.75, 3.05) is 18.1 Å². The van der Waals surface area contributed by atoms with Crippen molar-refractivity contribution in [2.45, 2.75) is 19.4 Å². The molecule has 0 fully saturated rings. The van der Waals surface area contributed by atoms with E-state index in [4.69, 9.17) is 10.5 Å². The minimum Gasteiger partial charge on any atom is -0.484 e. The second kappa shape index (κ2) is 6.62. The fourth-order valence-corrected chi connectivity index (χ4v) is 2.74. The molecule has 1 aliphatic rings. The first kappa shape index (κ1) is 14.6. The van der Waals surface area contributed by atoms with Gasteiger partial charge in [0.25, 0.3) is 5.91 Å². The van der Waals surface area contributed by atoms with Crippen molar-refractivity contribution in [2.24, 2.45) is 5.73 Å². The molecule has 0 atom stereocenters. The van der Waals surface area contributed by atoms with Gasteiger partial charge in [-0.15, -0.1) is 0 Å². The second-order valence-corrected chi connectivity index (χ2v) is 5.41. The van der Waals surface area contributed by atoms with E-state index < -0.39 is 0 Å². The number of aryl methyl sites for hydroxylation is 1. The summed E-state index contributed by atoms with van der Waals surface area (Å²) in [7, 11) is 0. The van der Waals surface area contributed by atoms with Gasteiger partial charge in [0.2, 0.25) is 0 Å². The van der Waals surface area contributed by atoms with E-state index in [0.717, 1.165) is 30.6 Å². The summed E-state index contributed by atoms with van der Waals surface area (Å²) in [5.74, 6) is 0.686. The largest absolute Gasteiger partial charge is 0.484 e. The Kier molecular flexibility index (Phi) is 4.39. The van der Waals surface area contributed by atoms with E-state index in [1.807, 2.05) is 47.4 Å². The van der Waals surface area contributed by atoms with Crippen LogP contribution >= 0.6 is 0 Å². The van der Waals surface area contributed by atoms with Crippen molar-refractivity contribution >= 4 is 11.6 Å². The minimum atomic E-state index is -0.00458. The first-order valence-corrected chi connectivity index (χ1v) is 7.58. The predicted molar refractivity (Wildman–Crippen MR) is 86.9 cm³/mol. The number of benzene rings is 2. The molecule has 2 N–H and O–H groups in total. The van der Waals surface area contributed by atoms with Gasteiger partial charge in [0.05, 0.1) is 0 Å². The number of carbonyl (C=O) groups excluding carboxylic acids is 1. The Morgan fingerprint density at radius 2 is 1.91 bits per heavy atom. The molecule has 0 aromatic heterocycles. The summed E-state index contributed by atoms with van der Waals surface area (Å²) in [6, 6.07) is 15.6. The zero-order valence-corrected chi connectivity index (χ0v) is 12.5. The van der Waals surface area contributed by atoms with Crippen LogP contribution in [0.25, 0.3) is 0 Å². The third kappa shape index (κ3) is 3.12. The monoisotopic (exact) mass is 296 g/mol. The zero-order valence-electron chi connectivity index (χ0n) is 12.5. The second-order valence-electron chi connectivity index (χ2n) is 5.41. The van der Waals surface area contributed by atoms with Crippen molar-refractivity contribution < 1.29 is 9.53 Å². The van der Waals surface area contributed by atoms with Crippen LogP contribution in [0.2, 0.25) is 0 Å². The van der Waals surface area contributed by atoms with Crippen LogP contribution in [0.3, 0.4) is 0 Å². The van der Waals surface area contributed by atoms with Crippen molar-refractivity contribution in [1.82, 2.24) is 0 Å². The van der Waals surface area contributed by atoms with Gasteiger partial charge in [-0.2, -0.15) is 0 Å². The van der Waals surface area contributed by atoms with Crippen molar-refractivity contribution in [3.05, 3.63) is 59.7 Å². The highest BCUT2D eigenvalue weighted by atomic mass is 16.5. The number of para-hydroxylation sites is 1. The third-order valence-corrected chi connectivity index (χ3v) is 3.93. The van der Waals surface area contributed by atoms with Crippen molar-refractivity contribution in [1.29, 1.82) is 0 Å². The minimum absolute atomic E-state index is 0.00458. The van der Waals surface area contributed by atoms with Crippen LogP contribution in [0, 0.1) is 0 Å². The Morgan fingerprint density at radius 3 is 2.68 bits per heavy atom. The molecule has 3 rings (SSSR count). The molecule has 4 nitrogen and oxygen atoms in total. The highest BCUT2D eigenvalue weighted by molar-refractivity contribution is 5.95. The smallest absolute Gasteiger partial charge is 0.264 e. The molecule has 0 aliphatic carbocycles. The lowest BCUT2D eigenvalue weighted by Gasteiger charge is -2.29. The van der Waals surface area contributed by atoms with Crippen LogP contribution in [0.4, 0.5) is 5.69 Å². The number of nitrogens with zero attached hydrogens (tertiary/aromatic N) is 1. The van der Waals surface area contributed by atoms with E-state index in [2.05, 4.69) is 6.07 Å². The molecule has 0 spiro atoms. The van der Waals surface area contributed by atoms with E-state index in [1.165, 1.54) is 5.56 Å². The molecule has 4 heteroatoms. The third-order valence-electron chi connectivity index (χ3n) is 3.93. The van der Waals surface area contributed by atoms with Crippen LogP contribution in [0.15, 0.2) is 48.5 Å². The molecule has 0 bridgehead atoms. The van der Waals surface area contributed by atoms with E-state index >= 15 is 0 Å². The summed E-state index contributed by atoms with van der Waals surface area (Å²) in [4.78, 5) is 14.3. The van der Waals surface area contributed by atoms with Gasteiger partial charge in [-0.05, 0) is 42.2 Å². The number of hydrogen-bond acceptors (Lipinski definition) is 3. The maximum Gasteiger partial charge on any atom is 0.264 e. The molecular weight excluding hydrogens is 276 g/mol. The highest BCUT2D eigenvalue weighted by Crippen LogP contribution is 2.26. The van der Waals surface area contributed by atoms with Crippen LogP contribution in [0.1, 0.15) is 17.5 Å². The van der Waals surface area contributed by atoms with Gasteiger partial charge < -0.3 is 15.4 Å². The maximum absolute atomic E-state index is 12.4. The normalized spacial score (nSPS) is 13.6. The molecule has 0 unspecified atom stereocenters. The van der Waals surface area contributed by atoms with Gasteiger partial charge in [0.15, 0.2) is 6.61 Å². The molecule has 1 aliphatic heterocycles. The molecule has 0 radical (unpaired) electrons. The molecule has 1 heterocycles. The Hall–Kier alpha value is -2.33. The summed E-state index contributed by atoms with van der Waals surface area (Å²) in [5.41, 5.74) is 8.85. The maximum atomic E-state index is 12.4. The average molecular weight is 296 g/mol. The zero-order chi connectivity index (χ0) is 15.4. The molecular formula is C18H20N2O2. The van der Waals surface area contributed by atoms with Gasteiger partial charge >= 0.3 is 0 Å². The molecule has 114 valence electrons. The number of rotatable bonds is 4. The Bertz CT molecular complexity index is 652. The fourth-order valence-electron chi connectivity index (χ4n) is 2.74. The first-order chi connectivity index (χ1) is 10.8. The number of carbonyl (C=O) groups is 1. The van der Waals surface area contributed by atoms with E-state index in [1.54, 1.807) is 0 Å². The Labute approximate surface area is 130 Å². The van der Waals surface area contributed by atoms with E-state index in [0.29, 0.717) is 12.3 Å². The van der Waals surface area contributed by atoms with Gasteiger partial charge in [-0.3, -0.25) is 4.79 Å². The Morgan fingerprint density at radius 1 is 1.14 bits per heavy atom. The lowest BCUT2D eigenvalue weighted by molar-refractivity contribution is -0.120. The standard InChI is InChI=1S/C18H20N2O2/c19-12-14-7-9-16(10-8-14)22-13-18(21)20-11-3-5-15-4-1-2-6-17(15)20/h1-2,4,6-10H,3,5,11-13,19H2. The molecule has 1 amide bonds. The number of anilines is 1. The molecule has 0 saturated heterocycles. The number of hydrogen-bond donors (Lipinski definition) is 1. The topological polar surface area (TPSA) is 55.6 Å². The average Bonchev–Trinajstić information content (AvgIpc) is 2.59. The van der Waals surface area contributed by atoms with Crippen LogP contribution < -0.4 is 15.4 Å². The molecule has 2 aromatic rings. The first-order valence-electron chi connectivity index (χ1n) is 7.58. The number of amides is 1. The quantitative estimate of drug-likeness (QED) is 0.943. The lowest BCUT2D eigenvalue weighted by atomic mass is 10.0. The van der Waals surface area contributed by atoms with Gasteiger partial charge in [0.1, 0.15) is 5.75 Å². The molecule has 0 saturated carbocycles. The SMILES string of the molecule is NCc1ccc(OCC(=O)N2CCCc3ccccc32)cc1. The predicted octanol–water partition coefficient (Wildman–Crippen LogP) is 2.50. The van der Waals surface area contributed by atoms with Gasteiger partial charge in [0, 0.05) is 18.8 Å². The van der Waals surface area contributed by atoms with E-state index in [-0.39, 0.29) is 12.5 Å². The summed E-state index contributed by atoms with van der Waals surface area (Å²) in [6.45, 7) is 1.31. The van der Waals surface area contributed by atoms with E-state index in [9.17, 15) is 4.79 Å². The fraction of sp³-hybridized carbons (Fsp3) is 0.278. The van der Waals surface area contributed by atoms with Gasteiger partial charge in [-0.25, -0.2) is 0 Å². The van der Waals surface area contributed by atoms with Crippen LogP contribution in [0.5, 0.6) is 5.75 Å². The van der Waals surface area contributed by atoms with Crippen molar-refractivity contribution in [3.63, 3.8) is 0 Å². The van der Waals surface area contributed by atoms with Crippen molar-refractivity contribution in [3.8, 4) is 5.75 Å². The number of ether oxygens (including phenoxy) is 1. The number of fused-ring (bicyclic) bond motifs is 1. The summed E-state index contributed by atoms with van der Waals surface area (Å²) < 4.78 is 5.60. The van der Waals surface area contributed by atoms with Gasteiger partial charge in [-0.1, -0.05) is 30.3 Å². The summed E-state index contributed by atoms with van der Waals surface area (Å²) in [6.07, 6.45) is 2.02. The van der Waals surface area contributed by atoms with Crippen LogP contribution in [-0.4, -0.2) is 19.1 Å². The summed E-state index contributed by atoms with van der Waals surface area (Å²) in [5, 5.41) is 0. The highest BCUT2D eigenvalue weighted by Gasteiger charge is 2.22. The Balaban J connectivity index is 1.65. The number of nitrogens with two attached hydrogens (primary N) is 1. The van der Waals surface area contributed by atoms with Crippen LogP contribution in [-0.2, 0) is 17.8 Å². The molecule has 2 aromatic carbocycles.